The van der Waals surface area contributed by atoms with Crippen LogP contribution in [-0.4, -0.2) is 36.6 Å². The van der Waals surface area contributed by atoms with Crippen LogP contribution in [0.2, 0.25) is 0 Å². The van der Waals surface area contributed by atoms with Gasteiger partial charge in [0.15, 0.2) is 9.84 Å². The molecule has 8 heteroatoms. The van der Waals surface area contributed by atoms with Crippen LogP contribution in [0.3, 0.4) is 0 Å². The van der Waals surface area contributed by atoms with E-state index in [0.29, 0.717) is 30.3 Å². The second kappa shape index (κ2) is 9.00. The Balaban J connectivity index is 1.34. The Morgan fingerprint density at radius 2 is 1.84 bits per heavy atom. The van der Waals surface area contributed by atoms with Crippen molar-refractivity contribution in [1.82, 2.24) is 15.3 Å². The maximum atomic E-state index is 12.6. The molecule has 2 heterocycles. The van der Waals surface area contributed by atoms with Crippen LogP contribution in [-0.2, 0) is 26.8 Å². The van der Waals surface area contributed by atoms with Crippen molar-refractivity contribution < 1.29 is 17.6 Å². The molecule has 166 valence electrons. The molecule has 0 fully saturated rings. The zero-order chi connectivity index (χ0) is 22.7. The molecule has 32 heavy (non-hydrogen) atoms. The summed E-state index contributed by atoms with van der Waals surface area (Å²) in [7, 11) is -3.69. The average molecular weight is 452 g/mol. The van der Waals surface area contributed by atoms with Crippen LogP contribution in [0, 0.1) is 13.8 Å². The number of aromatic nitrogens is 2. The number of amides is 1. The highest BCUT2D eigenvalue weighted by Gasteiger charge is 2.22. The van der Waals surface area contributed by atoms with Gasteiger partial charge in [-0.25, -0.2) is 13.4 Å². The quantitative estimate of drug-likeness (QED) is 0.425. The normalized spacial score (nSPS) is 11.7. The molecule has 0 spiro atoms. The topological polar surface area (TPSA) is 105 Å². The fraction of sp³-hybridized carbons (Fsp3) is 0.250. The monoisotopic (exact) mass is 451 g/mol. The number of para-hydroxylation sites is 1. The average Bonchev–Trinajstić information content (AvgIpc) is 3.31. The van der Waals surface area contributed by atoms with E-state index in [1.165, 1.54) is 0 Å². The molecule has 0 saturated carbocycles. The number of carbonyl (C=O) groups is 1. The molecule has 4 aromatic rings. The predicted molar refractivity (Wildman–Crippen MR) is 124 cm³/mol. The summed E-state index contributed by atoms with van der Waals surface area (Å²) in [5, 5.41) is 3.80. The summed E-state index contributed by atoms with van der Waals surface area (Å²) < 4.78 is 30.8. The Morgan fingerprint density at radius 1 is 1.09 bits per heavy atom. The lowest BCUT2D eigenvalue weighted by molar-refractivity contribution is -0.118. The molecule has 0 saturated heterocycles. The highest BCUT2D eigenvalue weighted by molar-refractivity contribution is 7.91. The first-order valence-electron chi connectivity index (χ1n) is 10.4. The van der Waals surface area contributed by atoms with Gasteiger partial charge < -0.3 is 14.7 Å². The number of oxazole rings is 1. The zero-order valence-corrected chi connectivity index (χ0v) is 18.8. The molecule has 1 amide bonds. The van der Waals surface area contributed by atoms with Gasteiger partial charge in [0.25, 0.3) is 0 Å². The van der Waals surface area contributed by atoms with Gasteiger partial charge in [-0.3, -0.25) is 4.79 Å². The van der Waals surface area contributed by atoms with Gasteiger partial charge in [0.2, 0.25) is 11.8 Å². The van der Waals surface area contributed by atoms with E-state index in [4.69, 9.17) is 4.42 Å². The van der Waals surface area contributed by atoms with Gasteiger partial charge in [-0.2, -0.15) is 0 Å². The highest BCUT2D eigenvalue weighted by Crippen LogP contribution is 2.23. The number of nitrogens with zero attached hydrogens (tertiary/aromatic N) is 1. The minimum absolute atomic E-state index is 0.326. The molecule has 7 nitrogen and oxygen atoms in total. The Labute approximate surface area is 186 Å². The molecule has 2 N–H and O–H groups in total. The molecule has 0 unspecified atom stereocenters. The van der Waals surface area contributed by atoms with Crippen molar-refractivity contribution in [3.8, 4) is 11.5 Å². The van der Waals surface area contributed by atoms with Gasteiger partial charge in [0, 0.05) is 29.2 Å². The van der Waals surface area contributed by atoms with Gasteiger partial charge >= 0.3 is 0 Å². The number of fused-ring (bicyclic) bond motifs is 1. The number of rotatable bonds is 8. The highest BCUT2D eigenvalue weighted by atomic mass is 32.2. The van der Waals surface area contributed by atoms with Gasteiger partial charge in [-0.1, -0.05) is 35.9 Å². The standard InChI is InChI=1S/C24H25N3O4S/c1-16-7-9-18(10-8-16)24-27-22(17(2)31-24)14-32(29,30)15-23(28)25-12-11-19-13-26-21-6-4-3-5-20(19)21/h3-10,13,26H,11-12,14-15H2,1-2H3,(H,25,28). The molecule has 0 aliphatic carbocycles. The van der Waals surface area contributed by atoms with Crippen LogP contribution in [0.25, 0.3) is 22.4 Å². The Bertz CT molecular complexity index is 1350. The number of aryl methyl sites for hydroxylation is 2. The largest absolute Gasteiger partial charge is 0.441 e. The number of hydrogen-bond donors (Lipinski definition) is 2. The molecule has 4 rings (SSSR count). The van der Waals surface area contributed by atoms with Crippen LogP contribution in [0.15, 0.2) is 59.1 Å². The molecular formula is C24H25N3O4S. The Kier molecular flexibility index (Phi) is 6.14. The van der Waals surface area contributed by atoms with E-state index in [0.717, 1.165) is 27.6 Å². The van der Waals surface area contributed by atoms with E-state index in [-0.39, 0.29) is 5.75 Å². The Hall–Kier alpha value is -3.39. The van der Waals surface area contributed by atoms with Crippen LogP contribution in [0.5, 0.6) is 0 Å². The maximum absolute atomic E-state index is 12.6. The number of hydrogen-bond acceptors (Lipinski definition) is 5. The number of aromatic amines is 1. The summed E-state index contributed by atoms with van der Waals surface area (Å²) in [5.41, 5.74) is 4.31. The smallest absolute Gasteiger partial charge is 0.235 e. The minimum atomic E-state index is -3.69. The van der Waals surface area contributed by atoms with E-state index in [2.05, 4.69) is 15.3 Å². The lowest BCUT2D eigenvalue weighted by atomic mass is 10.1. The summed E-state index contributed by atoms with van der Waals surface area (Å²) in [6.45, 7) is 4.02. The fourth-order valence-corrected chi connectivity index (χ4v) is 4.85. The van der Waals surface area contributed by atoms with Crippen molar-refractivity contribution in [2.45, 2.75) is 26.0 Å². The third-order valence-corrected chi connectivity index (χ3v) is 6.71. The van der Waals surface area contributed by atoms with E-state index >= 15 is 0 Å². The molecule has 2 aromatic heterocycles. The molecule has 0 aliphatic heterocycles. The van der Waals surface area contributed by atoms with Crippen molar-refractivity contribution in [2.75, 3.05) is 12.3 Å². The molecule has 0 atom stereocenters. The van der Waals surface area contributed by atoms with Crippen LogP contribution in [0.4, 0.5) is 0 Å². The van der Waals surface area contributed by atoms with E-state index < -0.39 is 21.5 Å². The van der Waals surface area contributed by atoms with Crippen LogP contribution >= 0.6 is 0 Å². The molecule has 0 aliphatic rings. The Morgan fingerprint density at radius 3 is 2.62 bits per heavy atom. The van der Waals surface area contributed by atoms with E-state index in [1.54, 1.807) is 6.92 Å². The van der Waals surface area contributed by atoms with Gasteiger partial charge in [-0.05, 0) is 44.0 Å². The van der Waals surface area contributed by atoms with Crippen molar-refractivity contribution >= 4 is 26.6 Å². The van der Waals surface area contributed by atoms with Crippen molar-refractivity contribution in [1.29, 1.82) is 0 Å². The second-order valence-electron chi connectivity index (χ2n) is 7.88. The number of H-pyrrole nitrogens is 1. The van der Waals surface area contributed by atoms with Crippen LogP contribution in [0.1, 0.15) is 22.6 Å². The maximum Gasteiger partial charge on any atom is 0.235 e. The fourth-order valence-electron chi connectivity index (χ4n) is 3.57. The van der Waals surface area contributed by atoms with E-state index in [9.17, 15) is 13.2 Å². The molecule has 0 bridgehead atoms. The van der Waals surface area contributed by atoms with E-state index in [1.807, 2.05) is 61.7 Å². The SMILES string of the molecule is Cc1ccc(-c2nc(CS(=O)(=O)CC(=O)NCCc3c[nH]c4ccccc34)c(C)o2)cc1. The first-order valence-corrected chi connectivity index (χ1v) is 12.2. The van der Waals surface area contributed by atoms with Crippen molar-refractivity contribution in [3.63, 3.8) is 0 Å². The van der Waals surface area contributed by atoms with Crippen molar-refractivity contribution in [3.05, 3.63) is 77.3 Å². The summed E-state index contributed by atoms with van der Waals surface area (Å²) in [5.74, 6) is -0.651. The predicted octanol–water partition coefficient (Wildman–Crippen LogP) is 3.71. The van der Waals surface area contributed by atoms with Gasteiger partial charge in [-0.15, -0.1) is 0 Å². The molecule has 0 radical (unpaired) electrons. The first-order chi connectivity index (χ1) is 15.3. The third-order valence-electron chi connectivity index (χ3n) is 5.29. The zero-order valence-electron chi connectivity index (χ0n) is 18.0. The summed E-state index contributed by atoms with van der Waals surface area (Å²) >= 11 is 0. The van der Waals surface area contributed by atoms with Gasteiger partial charge in [0.1, 0.15) is 11.5 Å². The summed E-state index contributed by atoms with van der Waals surface area (Å²) in [6, 6.07) is 15.5. The third kappa shape index (κ3) is 5.08. The summed E-state index contributed by atoms with van der Waals surface area (Å²) in [6.07, 6.45) is 2.52. The lowest BCUT2D eigenvalue weighted by Crippen LogP contribution is -2.32. The van der Waals surface area contributed by atoms with Crippen LogP contribution < -0.4 is 5.32 Å². The second-order valence-corrected chi connectivity index (χ2v) is 9.94. The lowest BCUT2D eigenvalue weighted by Gasteiger charge is -2.06. The molecule has 2 aromatic carbocycles. The number of carbonyl (C=O) groups excluding carboxylic acids is 1. The minimum Gasteiger partial charge on any atom is -0.441 e. The van der Waals surface area contributed by atoms with Crippen molar-refractivity contribution in [2.24, 2.45) is 0 Å². The number of nitrogens with one attached hydrogen (secondary N) is 2. The van der Waals surface area contributed by atoms with Gasteiger partial charge in [0.05, 0.1) is 11.4 Å². The number of benzene rings is 2. The number of sulfone groups is 1. The summed E-state index contributed by atoms with van der Waals surface area (Å²) in [4.78, 5) is 19.8. The first kappa shape index (κ1) is 21.8. The molecular weight excluding hydrogens is 426 g/mol.